The van der Waals surface area contributed by atoms with Crippen LogP contribution in [-0.4, -0.2) is 43.7 Å². The second kappa shape index (κ2) is 3.72. The van der Waals surface area contributed by atoms with E-state index in [9.17, 15) is 13.5 Å². The first-order valence-corrected chi connectivity index (χ1v) is 6.09. The summed E-state index contributed by atoms with van der Waals surface area (Å²) in [6.45, 7) is 2.92. The van der Waals surface area contributed by atoms with Crippen molar-refractivity contribution < 1.29 is 18.8 Å². The Hall–Kier alpha value is -0.130. The third-order valence-electron chi connectivity index (χ3n) is 2.12. The zero-order chi connectivity index (χ0) is 9.19. The fourth-order valence-electron chi connectivity index (χ4n) is 1.46. The van der Waals surface area contributed by atoms with Crippen molar-refractivity contribution >= 4 is 9.84 Å². The van der Waals surface area contributed by atoms with Gasteiger partial charge in [0.2, 0.25) is 0 Å². The molecule has 0 spiro atoms. The summed E-state index contributed by atoms with van der Waals surface area (Å²) in [7, 11) is -2.96. The number of aliphatic hydroxyl groups is 1. The van der Waals surface area contributed by atoms with E-state index in [0.717, 1.165) is 13.0 Å². The normalized spacial score (nSPS) is 33.8. The predicted octanol–water partition coefficient (Wildman–Crippen LogP) is -1.88. The molecule has 1 aliphatic heterocycles. The van der Waals surface area contributed by atoms with Crippen molar-refractivity contribution in [3.05, 3.63) is 0 Å². The van der Waals surface area contributed by atoms with Crippen molar-refractivity contribution in [3.8, 4) is 0 Å². The van der Waals surface area contributed by atoms with Gasteiger partial charge in [0.1, 0.15) is 17.9 Å². The highest BCUT2D eigenvalue weighted by atomic mass is 32.2. The van der Waals surface area contributed by atoms with Gasteiger partial charge in [0, 0.05) is 0 Å². The van der Waals surface area contributed by atoms with Crippen LogP contribution >= 0.6 is 0 Å². The highest BCUT2D eigenvalue weighted by Crippen LogP contribution is 2.08. The summed E-state index contributed by atoms with van der Waals surface area (Å²) in [5.74, 6) is 0.0754. The molecule has 0 bridgehead atoms. The first kappa shape index (κ1) is 9.95. The van der Waals surface area contributed by atoms with Gasteiger partial charge >= 0.3 is 0 Å². The SMILES string of the molecule is CCC[NH2+][C@@H]1CS(=O)(=O)C[C@H]1O. The highest BCUT2D eigenvalue weighted by Gasteiger charge is 2.38. The Morgan fingerprint density at radius 1 is 1.50 bits per heavy atom. The van der Waals surface area contributed by atoms with Crippen molar-refractivity contribution in [1.29, 1.82) is 0 Å². The first-order valence-electron chi connectivity index (χ1n) is 4.27. The topological polar surface area (TPSA) is 71.0 Å². The second-order valence-corrected chi connectivity index (χ2v) is 5.49. The van der Waals surface area contributed by atoms with Gasteiger partial charge in [0.25, 0.3) is 0 Å². The fraction of sp³-hybridized carbons (Fsp3) is 1.00. The zero-order valence-corrected chi connectivity index (χ0v) is 8.05. The molecule has 1 fully saturated rings. The van der Waals surface area contributed by atoms with Crippen LogP contribution in [0.5, 0.6) is 0 Å². The van der Waals surface area contributed by atoms with Crippen molar-refractivity contribution in [2.45, 2.75) is 25.5 Å². The summed E-state index contributed by atoms with van der Waals surface area (Å²) in [5, 5.41) is 11.3. The molecule has 1 rings (SSSR count). The molecule has 1 aliphatic rings. The predicted molar refractivity (Wildman–Crippen MR) is 45.5 cm³/mol. The molecule has 0 amide bonds. The van der Waals surface area contributed by atoms with E-state index in [1.165, 1.54) is 0 Å². The van der Waals surface area contributed by atoms with Gasteiger partial charge in [0.15, 0.2) is 9.84 Å². The van der Waals surface area contributed by atoms with Crippen LogP contribution in [0.2, 0.25) is 0 Å². The number of nitrogens with two attached hydrogens (primary N) is 1. The molecule has 1 saturated heterocycles. The Balaban J connectivity index is 2.47. The molecule has 5 heteroatoms. The monoisotopic (exact) mass is 194 g/mol. The van der Waals surface area contributed by atoms with Gasteiger partial charge in [-0.2, -0.15) is 0 Å². The van der Waals surface area contributed by atoms with Crippen LogP contribution < -0.4 is 5.32 Å². The molecular formula is C7H16NO3S+. The van der Waals surface area contributed by atoms with E-state index in [2.05, 4.69) is 0 Å². The zero-order valence-electron chi connectivity index (χ0n) is 7.23. The molecule has 0 radical (unpaired) electrons. The maximum Gasteiger partial charge on any atom is 0.159 e. The van der Waals surface area contributed by atoms with Crippen LogP contribution in [0.3, 0.4) is 0 Å². The number of sulfone groups is 1. The molecular weight excluding hydrogens is 178 g/mol. The number of aliphatic hydroxyl groups excluding tert-OH is 1. The van der Waals surface area contributed by atoms with E-state index in [-0.39, 0.29) is 17.5 Å². The molecule has 0 saturated carbocycles. The number of hydrogen-bond acceptors (Lipinski definition) is 3. The first-order chi connectivity index (χ1) is 5.55. The maximum absolute atomic E-state index is 11.0. The summed E-state index contributed by atoms with van der Waals surface area (Å²) in [6.07, 6.45) is 0.338. The van der Waals surface area contributed by atoms with Gasteiger partial charge in [-0.3, -0.25) is 0 Å². The van der Waals surface area contributed by atoms with E-state index in [4.69, 9.17) is 0 Å². The number of hydrogen-bond donors (Lipinski definition) is 2. The smallest absolute Gasteiger partial charge is 0.159 e. The van der Waals surface area contributed by atoms with Crippen LogP contribution in [0.15, 0.2) is 0 Å². The van der Waals surface area contributed by atoms with Crippen molar-refractivity contribution in [3.63, 3.8) is 0 Å². The van der Waals surface area contributed by atoms with Gasteiger partial charge in [-0.05, 0) is 6.42 Å². The molecule has 0 aromatic carbocycles. The molecule has 3 N–H and O–H groups in total. The van der Waals surface area contributed by atoms with Gasteiger partial charge in [-0.1, -0.05) is 6.92 Å². The van der Waals surface area contributed by atoms with E-state index in [1.807, 2.05) is 12.2 Å². The molecule has 4 nitrogen and oxygen atoms in total. The fourth-order valence-corrected chi connectivity index (χ4v) is 3.31. The van der Waals surface area contributed by atoms with Crippen molar-refractivity contribution in [2.24, 2.45) is 0 Å². The molecule has 0 unspecified atom stereocenters. The molecule has 0 aromatic rings. The van der Waals surface area contributed by atoms with Crippen LogP contribution in [0.1, 0.15) is 13.3 Å². The highest BCUT2D eigenvalue weighted by molar-refractivity contribution is 7.91. The van der Waals surface area contributed by atoms with E-state index >= 15 is 0 Å². The van der Waals surface area contributed by atoms with Crippen molar-refractivity contribution in [1.82, 2.24) is 0 Å². The van der Waals surface area contributed by atoms with E-state index < -0.39 is 15.9 Å². The van der Waals surface area contributed by atoms with Gasteiger partial charge < -0.3 is 10.4 Å². The summed E-state index contributed by atoms with van der Waals surface area (Å²) < 4.78 is 22.1. The molecule has 72 valence electrons. The molecule has 1 heterocycles. The van der Waals surface area contributed by atoms with Crippen LogP contribution in [0.4, 0.5) is 0 Å². The van der Waals surface area contributed by atoms with Crippen molar-refractivity contribution in [2.75, 3.05) is 18.1 Å². The van der Waals surface area contributed by atoms with Gasteiger partial charge in [-0.15, -0.1) is 0 Å². The molecule has 2 atom stereocenters. The molecule has 0 aliphatic carbocycles. The second-order valence-electron chi connectivity index (χ2n) is 3.33. The number of quaternary nitrogens is 1. The maximum atomic E-state index is 11.0. The minimum absolute atomic E-state index is 0.0577. The average Bonchev–Trinajstić information content (AvgIpc) is 2.20. The lowest BCUT2D eigenvalue weighted by molar-refractivity contribution is -0.690. The summed E-state index contributed by atoms with van der Waals surface area (Å²) in [4.78, 5) is 0. The minimum atomic E-state index is -2.96. The lowest BCUT2D eigenvalue weighted by atomic mass is 10.2. The third kappa shape index (κ3) is 2.43. The Morgan fingerprint density at radius 3 is 2.58 bits per heavy atom. The summed E-state index contributed by atoms with van der Waals surface area (Å²) in [6, 6.07) is -0.130. The van der Waals surface area contributed by atoms with E-state index in [1.54, 1.807) is 0 Å². The standard InChI is InChI=1S/C7H15NO3S/c1-2-3-8-6-4-12(10,11)5-7(6)9/h6-9H,2-5H2,1H3/p+1/t6-,7-/m1/s1. The Kier molecular flexibility index (Phi) is 3.09. The lowest BCUT2D eigenvalue weighted by Crippen LogP contribution is -2.92. The number of rotatable bonds is 3. The minimum Gasteiger partial charge on any atom is -0.386 e. The summed E-state index contributed by atoms with van der Waals surface area (Å²) >= 11 is 0. The lowest BCUT2D eigenvalue weighted by Gasteiger charge is -2.09. The Bertz CT molecular complexity index is 237. The largest absolute Gasteiger partial charge is 0.386 e. The van der Waals surface area contributed by atoms with Gasteiger partial charge in [0.05, 0.1) is 12.3 Å². The van der Waals surface area contributed by atoms with Gasteiger partial charge in [-0.25, -0.2) is 8.42 Å². The Morgan fingerprint density at radius 2 is 2.17 bits per heavy atom. The molecule has 12 heavy (non-hydrogen) atoms. The molecule has 0 aromatic heterocycles. The quantitative estimate of drug-likeness (QED) is 0.552. The summed E-state index contributed by atoms with van der Waals surface area (Å²) in [5.41, 5.74) is 0. The average molecular weight is 194 g/mol. The van der Waals surface area contributed by atoms with Crippen LogP contribution in [-0.2, 0) is 9.84 Å². The van der Waals surface area contributed by atoms with Crippen LogP contribution in [0, 0.1) is 0 Å². The third-order valence-corrected chi connectivity index (χ3v) is 3.87. The van der Waals surface area contributed by atoms with Crippen LogP contribution in [0.25, 0.3) is 0 Å². The Labute approximate surface area is 72.9 Å². The van der Waals surface area contributed by atoms with E-state index in [0.29, 0.717) is 0 Å².